The minimum absolute atomic E-state index is 0.0531. The average Bonchev–Trinajstić information content (AvgIpc) is 1.61. The number of piperidine rings is 2. The van der Waals surface area contributed by atoms with Gasteiger partial charge in [-0.1, -0.05) is 60.1 Å². The van der Waals surface area contributed by atoms with Crippen molar-refractivity contribution in [3.8, 4) is 57.1 Å². The Kier molecular flexibility index (Phi) is 23.2. The van der Waals surface area contributed by atoms with Crippen LogP contribution in [0.5, 0.6) is 11.5 Å². The molecular formula is C89H91BrClN25O9S. The van der Waals surface area contributed by atoms with Crippen molar-refractivity contribution < 1.29 is 43.6 Å². The quantitative estimate of drug-likeness (QED) is 0.0456. The molecule has 2 amide bonds. The van der Waals surface area contributed by atoms with Crippen LogP contribution in [-0.4, -0.2) is 183 Å². The molecule has 4 fully saturated rings. The van der Waals surface area contributed by atoms with Crippen LogP contribution in [0.15, 0.2) is 150 Å². The summed E-state index contributed by atoms with van der Waals surface area (Å²) in [7, 11) is 1.40. The number of imidazole rings is 4. The molecule has 2 aliphatic carbocycles. The van der Waals surface area contributed by atoms with E-state index in [0.717, 1.165) is 174 Å². The number of thiophene rings is 1. The van der Waals surface area contributed by atoms with Gasteiger partial charge in [0, 0.05) is 93.6 Å². The molecular weight excluding hydrogens is 1710 g/mol. The summed E-state index contributed by atoms with van der Waals surface area (Å²) in [6.45, 7) is 9.14. The number of likely N-dealkylation sites (tertiary alicyclic amines) is 2. The minimum atomic E-state index is -0.721. The number of benzene rings is 4. The molecule has 0 atom stereocenters. The third-order valence-electron chi connectivity index (χ3n) is 24.3. The number of aromatic amines is 4. The summed E-state index contributed by atoms with van der Waals surface area (Å²) in [5.74, 6) is 5.15. The maximum absolute atomic E-state index is 12.7. The van der Waals surface area contributed by atoms with Gasteiger partial charge in [-0.3, -0.25) is 18.8 Å². The fourth-order valence-corrected chi connectivity index (χ4v) is 19.4. The van der Waals surface area contributed by atoms with Crippen molar-refractivity contribution in [3.05, 3.63) is 184 Å². The number of carboxylic acid groups (broad SMARTS) is 2. The van der Waals surface area contributed by atoms with E-state index in [1.807, 2.05) is 134 Å². The Morgan fingerprint density at radius 2 is 0.929 bits per heavy atom. The number of halogens is 2. The second-order valence-electron chi connectivity index (χ2n) is 32.3. The van der Waals surface area contributed by atoms with Gasteiger partial charge in [0.15, 0.2) is 17.5 Å². The van der Waals surface area contributed by atoms with E-state index in [4.69, 9.17) is 68.7 Å². The molecule has 2 saturated heterocycles. The van der Waals surface area contributed by atoms with Crippen molar-refractivity contribution in [2.45, 2.75) is 128 Å². The molecule has 0 bridgehead atoms. The van der Waals surface area contributed by atoms with E-state index < -0.39 is 11.9 Å². The number of nitrogens with two attached hydrogens (primary N) is 4. The number of fused-ring (bicyclic) bond motifs is 8. The fraction of sp³-hybridized carbons (Fsp3) is 0.315. The summed E-state index contributed by atoms with van der Waals surface area (Å²) in [5.41, 5.74) is 38.5. The van der Waals surface area contributed by atoms with E-state index in [0.29, 0.717) is 120 Å². The van der Waals surface area contributed by atoms with E-state index in [-0.39, 0.29) is 53.6 Å². The van der Waals surface area contributed by atoms with Gasteiger partial charge in [0.25, 0.3) is 5.91 Å². The van der Waals surface area contributed by atoms with Crippen LogP contribution in [0.4, 0.5) is 28.1 Å². The lowest BCUT2D eigenvalue weighted by Gasteiger charge is -2.31. The van der Waals surface area contributed by atoms with Crippen LogP contribution in [0.25, 0.3) is 111 Å². The first-order chi connectivity index (χ1) is 61.1. The Labute approximate surface area is 736 Å². The standard InChI is InChI=1S/C24H21BrN6OS.C23H26N6O3.C22H24N6O3.C20H20ClN7O2/c25-17-3-1-2-15-12-18(28-19(15)17)20-21-22(26)27-7-10-31(21)23(29-20)14-4-8-30(9-5-14)24(32)16-6-11-33-13-16;1-12(2)32-17-5-3-4-15-10-16(27-18(15)17)19-20-21(24)25-11-26-29(20)22(28-19)13-6-8-14(9-7-13)23(30)31;1-2-31-16-5-3-4-14-10-15(26-17(14)16)18-19-20(23)24-11-25-28(19)21(27-18)12-6-8-13(9-7-12)22(29)30;1-30-20(29)27-7-5-11(6-8-27)19-26-16(17-18(22)23-10-24-28(17)19)14-9-12-3-2-4-13(21)15(12)25-14/h1-3,6-7,10-14,28H,4-5,8-9H2,(H2,26,27);3-5,10-14,27H,6-9H2,1-2H3,(H,30,31)(H2,24,25,26);3-5,10-13,26H,2,6-9H2,1H3,(H,29,30)(H2,23,24,25);2-4,9-11,25H,5-8H2,1H3,(H2,22,23,24). The zero-order chi connectivity index (χ0) is 87.3. The Morgan fingerprint density at radius 3 is 1.39 bits per heavy atom. The van der Waals surface area contributed by atoms with Crippen LogP contribution in [0.2, 0.25) is 5.02 Å². The molecule has 37 heteroatoms. The summed E-state index contributed by atoms with van der Waals surface area (Å²) >= 11 is 11.5. The molecule has 13 aromatic heterocycles. The number of para-hydroxylation sites is 4. The molecule has 15 heterocycles. The number of hydrogen-bond acceptors (Lipinski definition) is 23. The first-order valence-electron chi connectivity index (χ1n) is 41.9. The van der Waals surface area contributed by atoms with Crippen LogP contribution in [0.3, 0.4) is 0 Å². The van der Waals surface area contributed by atoms with Gasteiger partial charge in [0.05, 0.1) is 87.1 Å². The number of aromatic nitrogens is 19. The van der Waals surface area contributed by atoms with Crippen LogP contribution in [0, 0.1) is 11.8 Å². The number of H-pyrrole nitrogens is 4. The van der Waals surface area contributed by atoms with Gasteiger partial charge in [-0.15, -0.1) is 0 Å². The fourth-order valence-electron chi connectivity index (χ4n) is 18.0. The number of carbonyl (C=O) groups is 4. The van der Waals surface area contributed by atoms with Crippen molar-refractivity contribution in [1.29, 1.82) is 0 Å². The Morgan fingerprint density at radius 1 is 0.516 bits per heavy atom. The number of rotatable bonds is 15. The number of anilines is 4. The smallest absolute Gasteiger partial charge is 0.409 e. The van der Waals surface area contributed by atoms with E-state index in [2.05, 4.69) is 87.6 Å². The van der Waals surface area contributed by atoms with E-state index in [1.165, 1.54) is 26.1 Å². The van der Waals surface area contributed by atoms with Gasteiger partial charge in [0.1, 0.15) is 104 Å². The lowest BCUT2D eigenvalue weighted by molar-refractivity contribution is -0.143. The molecule has 0 spiro atoms. The second-order valence-corrected chi connectivity index (χ2v) is 34.3. The molecule has 126 heavy (non-hydrogen) atoms. The Bertz CT molecular complexity index is 6960. The first-order valence-corrected chi connectivity index (χ1v) is 44.0. The van der Waals surface area contributed by atoms with Crippen molar-refractivity contribution in [2.75, 3.05) is 62.8 Å². The zero-order valence-electron chi connectivity index (χ0n) is 69.2. The number of methoxy groups -OCH3 is 1. The van der Waals surface area contributed by atoms with Crippen molar-refractivity contribution in [1.82, 2.24) is 103 Å². The molecule has 2 saturated carbocycles. The summed E-state index contributed by atoms with van der Waals surface area (Å²) in [4.78, 5) is 101. The highest BCUT2D eigenvalue weighted by Crippen LogP contribution is 2.45. The third-order valence-corrected chi connectivity index (χ3v) is 25.9. The van der Waals surface area contributed by atoms with Crippen molar-refractivity contribution >= 4 is 152 Å². The number of nitrogens with zero attached hydrogens (tertiary/aromatic N) is 17. The topological polar surface area (TPSA) is 470 Å². The van der Waals surface area contributed by atoms with E-state index in [1.54, 1.807) is 36.0 Å². The minimum Gasteiger partial charge on any atom is -0.492 e. The summed E-state index contributed by atoms with van der Waals surface area (Å²) in [5, 5.41) is 40.5. The van der Waals surface area contributed by atoms with Crippen molar-refractivity contribution in [3.63, 3.8) is 0 Å². The molecule has 34 nitrogen and oxygen atoms in total. The lowest BCUT2D eigenvalue weighted by Crippen LogP contribution is -2.38. The number of ether oxygens (including phenoxy) is 3. The van der Waals surface area contributed by atoms with Gasteiger partial charge in [-0.25, -0.2) is 58.2 Å². The monoisotopic (exact) mass is 1800 g/mol. The maximum Gasteiger partial charge on any atom is 0.409 e. The second kappa shape index (κ2) is 35.1. The Hall–Kier alpha value is -13.7. The SMILES string of the molecule is CC(C)Oc1cccc2cc(-c3nc(C4CCC(C(=O)O)CC4)n4ncnc(N)c34)[nH]c12.CCOc1cccc2cc(-c3nc(C4CCC(C(=O)O)CC4)n4ncnc(N)c34)[nH]c12.COC(=O)N1CCC(c2nc(-c3cc4cccc(Cl)c4[nH]3)c3c(N)ncnn23)CC1.Nc1nccn2c(C3CCN(C(=O)c4ccsc4)CC3)nc(-c3cc4cccc(Br)c4[nH]3)c12. The molecule has 0 radical (unpaired) electrons. The predicted octanol–water partition coefficient (Wildman–Crippen LogP) is 16.4. The summed E-state index contributed by atoms with van der Waals surface area (Å²) in [6.07, 6.45) is 16.5. The van der Waals surface area contributed by atoms with E-state index >= 15 is 0 Å². The van der Waals surface area contributed by atoms with Gasteiger partial charge < -0.3 is 77.1 Å². The number of amides is 2. The first kappa shape index (κ1) is 83.2. The maximum atomic E-state index is 12.7. The molecule has 646 valence electrons. The Balaban J connectivity index is 0.000000114. The van der Waals surface area contributed by atoms with Crippen molar-refractivity contribution in [2.24, 2.45) is 11.8 Å². The number of carbonyl (C=O) groups excluding carboxylic acids is 2. The van der Waals surface area contributed by atoms with Crippen LogP contribution in [0.1, 0.15) is 155 Å². The normalized spacial score (nSPS) is 17.1. The molecule has 0 unspecified atom stereocenters. The van der Waals surface area contributed by atoms with Gasteiger partial charge in [0.2, 0.25) is 0 Å². The van der Waals surface area contributed by atoms with Gasteiger partial charge in [-0.05, 0) is 174 Å². The highest BCUT2D eigenvalue weighted by atomic mass is 79.9. The van der Waals surface area contributed by atoms with Crippen LogP contribution < -0.4 is 32.4 Å². The molecule has 21 rings (SSSR count). The van der Waals surface area contributed by atoms with Gasteiger partial charge >= 0.3 is 18.0 Å². The zero-order valence-corrected chi connectivity index (χ0v) is 72.4. The molecule has 2 aliphatic heterocycles. The van der Waals surface area contributed by atoms with Crippen LogP contribution in [-0.2, 0) is 14.3 Å². The molecule has 4 aromatic carbocycles. The number of nitrogens with one attached hydrogen (secondary N) is 4. The highest BCUT2D eigenvalue weighted by Gasteiger charge is 2.36. The average molecular weight is 1800 g/mol. The third kappa shape index (κ3) is 16.1. The molecule has 4 aliphatic rings. The predicted molar refractivity (Wildman–Crippen MR) is 485 cm³/mol. The largest absolute Gasteiger partial charge is 0.492 e. The van der Waals surface area contributed by atoms with Gasteiger partial charge in [-0.2, -0.15) is 26.6 Å². The number of nitrogen functional groups attached to an aromatic ring is 4. The number of hydrogen-bond donors (Lipinski definition) is 10. The van der Waals surface area contributed by atoms with Crippen LogP contribution >= 0.6 is 38.9 Å². The highest BCUT2D eigenvalue weighted by molar-refractivity contribution is 9.10. The lowest BCUT2D eigenvalue weighted by atomic mass is 9.82. The molecule has 14 N–H and O–H groups in total. The number of aliphatic carboxylic acids is 2. The van der Waals surface area contributed by atoms with E-state index in [9.17, 15) is 29.4 Å². The number of carboxylic acids is 2. The summed E-state index contributed by atoms with van der Waals surface area (Å²) < 4.78 is 24.9. The summed E-state index contributed by atoms with van der Waals surface area (Å²) in [6, 6.07) is 33.7. The molecule has 17 aromatic rings.